The molecule has 0 radical (unpaired) electrons. The predicted octanol–water partition coefficient (Wildman–Crippen LogP) is 3.66. The predicted molar refractivity (Wildman–Crippen MR) is 93.5 cm³/mol. The van der Waals surface area contributed by atoms with Crippen LogP contribution in [0.5, 0.6) is 5.75 Å². The summed E-state index contributed by atoms with van der Waals surface area (Å²) in [6.45, 7) is 1.46. The van der Waals surface area contributed by atoms with Gasteiger partial charge in [-0.3, -0.25) is 4.79 Å². The first-order valence-corrected chi connectivity index (χ1v) is 8.03. The molecular weight excluding hydrogens is 354 g/mol. The van der Waals surface area contributed by atoms with E-state index >= 15 is 0 Å². The van der Waals surface area contributed by atoms with Crippen LogP contribution in [0.15, 0.2) is 36.4 Å². The van der Waals surface area contributed by atoms with Gasteiger partial charge in [-0.15, -0.1) is 0 Å². The molecule has 2 N–H and O–H groups in total. The van der Waals surface area contributed by atoms with Crippen LogP contribution in [0, 0.1) is 5.82 Å². The Morgan fingerprint density at radius 1 is 1.12 bits per heavy atom. The molecule has 7 heteroatoms. The van der Waals surface area contributed by atoms with Crippen molar-refractivity contribution in [3.63, 3.8) is 0 Å². The normalized spacial score (nSPS) is 10.5. The second-order valence-electron chi connectivity index (χ2n) is 5.03. The number of amides is 1. The van der Waals surface area contributed by atoms with Gasteiger partial charge in [-0.2, -0.15) is 0 Å². The van der Waals surface area contributed by atoms with Gasteiger partial charge in [0.2, 0.25) is 0 Å². The molecule has 0 bridgehead atoms. The Labute approximate surface area is 149 Å². The van der Waals surface area contributed by atoms with E-state index in [0.717, 1.165) is 5.56 Å². The summed E-state index contributed by atoms with van der Waals surface area (Å²) in [7, 11) is 1.42. The highest BCUT2D eigenvalue weighted by molar-refractivity contribution is 6.42. The van der Waals surface area contributed by atoms with E-state index in [0.29, 0.717) is 35.2 Å². The lowest BCUT2D eigenvalue weighted by molar-refractivity contribution is 0.0954. The largest absolute Gasteiger partial charge is 0.494 e. The summed E-state index contributed by atoms with van der Waals surface area (Å²) in [5, 5.41) is 6.63. The molecule has 0 saturated heterocycles. The third-order valence-corrected chi connectivity index (χ3v) is 4.05. The Balaban J connectivity index is 1.73. The van der Waals surface area contributed by atoms with E-state index in [1.165, 1.54) is 19.2 Å². The molecule has 0 atom stereocenters. The number of rotatable bonds is 7. The molecule has 2 aromatic carbocycles. The molecule has 4 nitrogen and oxygen atoms in total. The Bertz CT molecular complexity index is 726. The Morgan fingerprint density at radius 3 is 2.58 bits per heavy atom. The summed E-state index contributed by atoms with van der Waals surface area (Å²) in [5.41, 5.74) is 1.24. The maximum atomic E-state index is 13.6. The fourth-order valence-electron chi connectivity index (χ4n) is 2.06. The van der Waals surface area contributed by atoms with E-state index in [1.807, 2.05) is 0 Å². The van der Waals surface area contributed by atoms with E-state index in [4.69, 9.17) is 27.9 Å². The van der Waals surface area contributed by atoms with Crippen LogP contribution in [0.2, 0.25) is 10.0 Å². The number of carbonyl (C=O) groups excluding carboxylic acids is 1. The van der Waals surface area contributed by atoms with Crippen LogP contribution in [-0.2, 0) is 6.54 Å². The van der Waals surface area contributed by atoms with E-state index in [9.17, 15) is 9.18 Å². The van der Waals surface area contributed by atoms with Gasteiger partial charge in [-0.25, -0.2) is 4.39 Å². The molecule has 0 aliphatic rings. The van der Waals surface area contributed by atoms with Gasteiger partial charge in [0.25, 0.3) is 5.91 Å². The molecule has 2 aromatic rings. The summed E-state index contributed by atoms with van der Waals surface area (Å²) >= 11 is 11.7. The van der Waals surface area contributed by atoms with Crippen LogP contribution in [0.4, 0.5) is 4.39 Å². The van der Waals surface area contributed by atoms with Gasteiger partial charge in [-0.1, -0.05) is 29.3 Å². The summed E-state index contributed by atoms with van der Waals surface area (Å²) in [6, 6.07) is 9.49. The summed E-state index contributed by atoms with van der Waals surface area (Å²) in [4.78, 5) is 12.0. The van der Waals surface area contributed by atoms with Crippen LogP contribution >= 0.6 is 23.2 Å². The van der Waals surface area contributed by atoms with Crippen LogP contribution in [0.3, 0.4) is 0 Å². The van der Waals surface area contributed by atoms with Crippen molar-refractivity contribution in [3.8, 4) is 5.75 Å². The highest BCUT2D eigenvalue weighted by atomic mass is 35.5. The number of hydrogen-bond donors (Lipinski definition) is 2. The Morgan fingerprint density at radius 2 is 1.92 bits per heavy atom. The van der Waals surface area contributed by atoms with Crippen molar-refractivity contribution in [1.82, 2.24) is 10.6 Å². The van der Waals surface area contributed by atoms with Gasteiger partial charge in [0, 0.05) is 25.2 Å². The minimum atomic E-state index is -0.398. The van der Waals surface area contributed by atoms with Gasteiger partial charge in [-0.05, 0) is 35.9 Å². The average Bonchev–Trinajstić information content (AvgIpc) is 2.57. The number of benzene rings is 2. The highest BCUT2D eigenvalue weighted by Crippen LogP contribution is 2.22. The smallest absolute Gasteiger partial charge is 0.251 e. The van der Waals surface area contributed by atoms with Crippen molar-refractivity contribution in [3.05, 3.63) is 63.4 Å². The highest BCUT2D eigenvalue weighted by Gasteiger charge is 2.07. The maximum Gasteiger partial charge on any atom is 0.251 e. The molecule has 24 heavy (non-hydrogen) atoms. The third kappa shape index (κ3) is 5.09. The van der Waals surface area contributed by atoms with E-state index in [1.54, 1.807) is 24.3 Å². The molecule has 0 unspecified atom stereocenters. The molecule has 0 heterocycles. The molecule has 2 rings (SSSR count). The molecule has 0 saturated carbocycles. The second kappa shape index (κ2) is 8.87. The first-order chi connectivity index (χ1) is 11.5. The monoisotopic (exact) mass is 370 g/mol. The minimum absolute atomic E-state index is 0.215. The number of ether oxygens (including phenoxy) is 1. The first kappa shape index (κ1) is 18.5. The summed E-state index contributed by atoms with van der Waals surface area (Å²) < 4.78 is 18.4. The topological polar surface area (TPSA) is 50.4 Å². The molecular formula is C17H17Cl2FN2O2. The van der Waals surface area contributed by atoms with Crippen molar-refractivity contribution >= 4 is 29.1 Å². The van der Waals surface area contributed by atoms with Crippen LogP contribution in [0.1, 0.15) is 15.9 Å². The molecule has 128 valence electrons. The van der Waals surface area contributed by atoms with Gasteiger partial charge >= 0.3 is 0 Å². The zero-order chi connectivity index (χ0) is 17.5. The van der Waals surface area contributed by atoms with Crippen molar-refractivity contribution in [2.45, 2.75) is 6.54 Å². The Hall–Kier alpha value is -1.82. The van der Waals surface area contributed by atoms with Gasteiger partial charge in [0.15, 0.2) is 11.6 Å². The maximum absolute atomic E-state index is 13.6. The fourth-order valence-corrected chi connectivity index (χ4v) is 2.35. The SMILES string of the molecule is COc1ccc(CNCCNC(=O)c2ccc(Cl)c(Cl)c2)cc1F. The number of methoxy groups -OCH3 is 1. The summed E-state index contributed by atoms with van der Waals surface area (Å²) in [5.74, 6) is -0.414. The standard InChI is InChI=1S/C17H17Cl2FN2O2/c1-24-16-5-2-11(8-15(16)20)10-21-6-7-22-17(23)12-3-4-13(18)14(19)9-12/h2-5,8-9,21H,6-7,10H2,1H3,(H,22,23). The van der Waals surface area contributed by atoms with Crippen molar-refractivity contribution < 1.29 is 13.9 Å². The molecule has 0 aliphatic carbocycles. The molecule has 0 fully saturated rings. The van der Waals surface area contributed by atoms with Crippen LogP contribution < -0.4 is 15.4 Å². The zero-order valence-electron chi connectivity index (χ0n) is 13.0. The molecule has 0 aromatic heterocycles. The average molecular weight is 371 g/mol. The van der Waals surface area contributed by atoms with Gasteiger partial charge in [0.05, 0.1) is 17.2 Å². The lowest BCUT2D eigenvalue weighted by atomic mass is 10.2. The lowest BCUT2D eigenvalue weighted by Crippen LogP contribution is -2.31. The summed E-state index contributed by atoms with van der Waals surface area (Å²) in [6.07, 6.45) is 0. The zero-order valence-corrected chi connectivity index (χ0v) is 14.5. The van der Waals surface area contributed by atoms with Gasteiger partial charge in [0.1, 0.15) is 0 Å². The molecule has 0 aliphatic heterocycles. The fraction of sp³-hybridized carbons (Fsp3) is 0.235. The Kier molecular flexibility index (Phi) is 6.85. The van der Waals surface area contributed by atoms with E-state index in [-0.39, 0.29) is 11.7 Å². The van der Waals surface area contributed by atoms with E-state index in [2.05, 4.69) is 10.6 Å². The number of nitrogens with one attached hydrogen (secondary N) is 2. The quantitative estimate of drug-likeness (QED) is 0.731. The van der Waals surface area contributed by atoms with Crippen molar-refractivity contribution in [2.24, 2.45) is 0 Å². The lowest BCUT2D eigenvalue weighted by Gasteiger charge is -2.09. The van der Waals surface area contributed by atoms with Crippen molar-refractivity contribution in [2.75, 3.05) is 20.2 Å². The number of halogens is 3. The van der Waals surface area contributed by atoms with E-state index < -0.39 is 5.82 Å². The minimum Gasteiger partial charge on any atom is -0.494 e. The van der Waals surface area contributed by atoms with Crippen LogP contribution in [-0.4, -0.2) is 26.1 Å². The molecule has 0 spiro atoms. The first-order valence-electron chi connectivity index (χ1n) is 7.27. The molecule has 1 amide bonds. The van der Waals surface area contributed by atoms with Gasteiger partial charge < -0.3 is 15.4 Å². The van der Waals surface area contributed by atoms with Crippen molar-refractivity contribution in [1.29, 1.82) is 0 Å². The second-order valence-corrected chi connectivity index (χ2v) is 5.84. The third-order valence-electron chi connectivity index (χ3n) is 3.31. The number of hydrogen-bond acceptors (Lipinski definition) is 3. The van der Waals surface area contributed by atoms with Crippen LogP contribution in [0.25, 0.3) is 0 Å². The number of carbonyl (C=O) groups is 1.